The van der Waals surface area contributed by atoms with Crippen molar-refractivity contribution < 1.29 is 24.1 Å². The molecule has 1 N–H and O–H groups in total. The number of rotatable bonds is 0. The summed E-state index contributed by atoms with van der Waals surface area (Å²) in [5.74, 6) is -0.0323. The van der Waals surface area contributed by atoms with Crippen LogP contribution in [0.4, 0.5) is 0 Å². The van der Waals surface area contributed by atoms with Crippen molar-refractivity contribution in [3.8, 4) is 0 Å². The Hall–Kier alpha value is -0.650. The van der Waals surface area contributed by atoms with E-state index >= 15 is 0 Å². The molecule has 0 aromatic rings. The van der Waals surface area contributed by atoms with Gasteiger partial charge in [-0.15, -0.1) is 0 Å². The number of hydrogen-bond acceptors (Lipinski definition) is 5. The maximum Gasteiger partial charge on any atom is 0.309 e. The first kappa shape index (κ1) is 13.0. The Morgan fingerprint density at radius 2 is 1.95 bits per heavy atom. The Morgan fingerprint density at radius 1 is 1.20 bits per heavy atom. The normalized spacial score (nSPS) is 60.9. The molecule has 5 heteroatoms. The quantitative estimate of drug-likeness (QED) is 0.530. The van der Waals surface area contributed by atoms with Crippen LogP contribution in [0.15, 0.2) is 0 Å². The van der Waals surface area contributed by atoms with E-state index in [9.17, 15) is 9.90 Å². The summed E-state index contributed by atoms with van der Waals surface area (Å²) >= 11 is 0. The molecule has 3 aliphatic heterocycles. The molecule has 3 heterocycles. The van der Waals surface area contributed by atoms with Crippen LogP contribution in [-0.4, -0.2) is 46.7 Å². The van der Waals surface area contributed by atoms with Gasteiger partial charge in [0.2, 0.25) is 0 Å². The Kier molecular flexibility index (Phi) is 2.45. The molecule has 6 unspecified atom stereocenters. The monoisotopic (exact) mass is 282 g/mol. The molecule has 3 saturated heterocycles. The molecular formula is C15H22O5. The lowest BCUT2D eigenvalue weighted by Gasteiger charge is -2.23. The minimum atomic E-state index is -0.496. The molecule has 5 nitrogen and oxygen atoms in total. The molecule has 8 atom stereocenters. The number of carbonyl (C=O) groups excluding carboxylic acids is 1. The molecule has 4 rings (SSSR count). The first-order valence-corrected chi connectivity index (χ1v) is 7.58. The predicted octanol–water partition coefficient (Wildman–Crippen LogP) is 1.02. The van der Waals surface area contributed by atoms with Gasteiger partial charge in [-0.2, -0.15) is 0 Å². The van der Waals surface area contributed by atoms with Crippen LogP contribution in [0.5, 0.6) is 0 Å². The van der Waals surface area contributed by atoms with Crippen molar-refractivity contribution in [3.05, 3.63) is 0 Å². The largest absolute Gasteiger partial charge is 0.462 e. The molecule has 4 aliphatic rings. The van der Waals surface area contributed by atoms with Gasteiger partial charge in [-0.05, 0) is 20.3 Å². The van der Waals surface area contributed by atoms with Gasteiger partial charge < -0.3 is 19.3 Å². The molecule has 1 aliphatic carbocycles. The smallest absolute Gasteiger partial charge is 0.309 e. The molecule has 0 spiro atoms. The number of carbonyl (C=O) groups is 1. The number of hydrogen-bond donors (Lipinski definition) is 1. The van der Waals surface area contributed by atoms with Crippen LogP contribution >= 0.6 is 0 Å². The maximum absolute atomic E-state index is 11.9. The fourth-order valence-electron chi connectivity index (χ4n) is 4.09. The van der Waals surface area contributed by atoms with Crippen molar-refractivity contribution >= 4 is 5.97 Å². The lowest BCUT2D eigenvalue weighted by Crippen LogP contribution is -2.36. The highest BCUT2D eigenvalue weighted by Crippen LogP contribution is 2.54. The van der Waals surface area contributed by atoms with Crippen molar-refractivity contribution in [1.29, 1.82) is 0 Å². The van der Waals surface area contributed by atoms with Crippen LogP contribution in [0.1, 0.15) is 40.0 Å². The second-order valence-electron chi connectivity index (χ2n) is 7.33. The predicted molar refractivity (Wildman–Crippen MR) is 68.9 cm³/mol. The van der Waals surface area contributed by atoms with Gasteiger partial charge in [-0.25, -0.2) is 0 Å². The number of fused-ring (bicyclic) bond motifs is 3. The summed E-state index contributed by atoms with van der Waals surface area (Å²) in [7, 11) is 0. The van der Waals surface area contributed by atoms with Gasteiger partial charge >= 0.3 is 5.97 Å². The van der Waals surface area contributed by atoms with E-state index in [-0.39, 0.29) is 41.7 Å². The van der Waals surface area contributed by atoms with Gasteiger partial charge in [0.1, 0.15) is 11.7 Å². The molecular weight excluding hydrogens is 260 g/mol. The molecule has 1 saturated carbocycles. The van der Waals surface area contributed by atoms with Crippen LogP contribution in [-0.2, 0) is 19.0 Å². The van der Waals surface area contributed by atoms with Gasteiger partial charge in [-0.3, -0.25) is 4.79 Å². The van der Waals surface area contributed by atoms with E-state index in [1.165, 1.54) is 0 Å². The SMILES string of the molecule is CC1C(=O)OC2C[C@@]3(C)OC3CC(O)[C@@]3(C)OC3CC21. The Labute approximate surface area is 118 Å². The van der Waals surface area contributed by atoms with Crippen molar-refractivity contribution in [3.63, 3.8) is 0 Å². The lowest BCUT2D eigenvalue weighted by molar-refractivity contribution is -0.144. The minimum Gasteiger partial charge on any atom is -0.462 e. The zero-order valence-electron chi connectivity index (χ0n) is 12.2. The lowest BCUT2D eigenvalue weighted by atomic mass is 9.79. The number of esters is 1. The third-order valence-corrected chi connectivity index (χ3v) is 5.96. The number of ether oxygens (including phenoxy) is 3. The average Bonchev–Trinajstić information content (AvgIpc) is 3.18. The standard InChI is InChI=1S/C15H22O5/c1-7-8-4-12-15(3,20-12)10(16)5-11-14(2,19-11)6-9(8)18-13(7)17/h7-12,16H,4-6H2,1-3H3/t7?,8?,9?,10?,11?,12?,14-,15-/m1/s1. The van der Waals surface area contributed by atoms with Gasteiger partial charge in [0.05, 0.1) is 29.8 Å². The van der Waals surface area contributed by atoms with Crippen LogP contribution < -0.4 is 0 Å². The highest BCUT2D eigenvalue weighted by atomic mass is 16.6. The zero-order valence-corrected chi connectivity index (χ0v) is 12.2. The summed E-state index contributed by atoms with van der Waals surface area (Å²) in [5, 5.41) is 10.4. The van der Waals surface area contributed by atoms with Crippen molar-refractivity contribution in [2.45, 2.75) is 75.7 Å². The molecule has 0 bridgehead atoms. The summed E-state index contributed by atoms with van der Waals surface area (Å²) in [6, 6.07) is 0. The topological polar surface area (TPSA) is 71.6 Å². The third kappa shape index (κ3) is 1.69. The molecule has 4 fully saturated rings. The third-order valence-electron chi connectivity index (χ3n) is 5.96. The summed E-state index contributed by atoms with van der Waals surface area (Å²) in [6.07, 6.45) is 1.63. The molecule has 0 aromatic carbocycles. The summed E-state index contributed by atoms with van der Waals surface area (Å²) in [4.78, 5) is 11.9. The van der Waals surface area contributed by atoms with E-state index in [0.29, 0.717) is 6.42 Å². The fourth-order valence-corrected chi connectivity index (χ4v) is 4.09. The van der Waals surface area contributed by atoms with Crippen molar-refractivity contribution in [2.24, 2.45) is 11.8 Å². The van der Waals surface area contributed by atoms with Crippen molar-refractivity contribution in [1.82, 2.24) is 0 Å². The van der Waals surface area contributed by atoms with Gasteiger partial charge in [0.25, 0.3) is 0 Å². The van der Waals surface area contributed by atoms with Crippen LogP contribution in [0.25, 0.3) is 0 Å². The van der Waals surface area contributed by atoms with E-state index in [4.69, 9.17) is 14.2 Å². The maximum atomic E-state index is 11.9. The van der Waals surface area contributed by atoms with Gasteiger partial charge in [-0.1, -0.05) is 6.92 Å². The van der Waals surface area contributed by atoms with E-state index in [0.717, 1.165) is 12.8 Å². The molecule has 0 amide bonds. The van der Waals surface area contributed by atoms with Gasteiger partial charge in [0, 0.05) is 18.8 Å². The summed E-state index contributed by atoms with van der Waals surface area (Å²) in [5.41, 5.74) is -0.730. The second kappa shape index (κ2) is 3.76. The Bertz CT molecular complexity index is 465. The van der Waals surface area contributed by atoms with Crippen LogP contribution in [0.2, 0.25) is 0 Å². The van der Waals surface area contributed by atoms with Crippen LogP contribution in [0, 0.1) is 11.8 Å². The fraction of sp³-hybridized carbons (Fsp3) is 0.933. The van der Waals surface area contributed by atoms with Gasteiger partial charge in [0.15, 0.2) is 0 Å². The zero-order chi connectivity index (χ0) is 14.3. The number of epoxide rings is 2. The molecule has 112 valence electrons. The average molecular weight is 282 g/mol. The van der Waals surface area contributed by atoms with E-state index < -0.39 is 11.7 Å². The first-order chi connectivity index (χ1) is 9.33. The highest BCUT2D eigenvalue weighted by molar-refractivity contribution is 5.74. The highest BCUT2D eigenvalue weighted by Gasteiger charge is 2.65. The minimum absolute atomic E-state index is 0.0325. The van der Waals surface area contributed by atoms with Crippen molar-refractivity contribution in [2.75, 3.05) is 0 Å². The van der Waals surface area contributed by atoms with E-state index in [1.807, 2.05) is 20.8 Å². The van der Waals surface area contributed by atoms with E-state index in [1.54, 1.807) is 0 Å². The summed E-state index contributed by atoms with van der Waals surface area (Å²) < 4.78 is 17.1. The molecule has 20 heavy (non-hydrogen) atoms. The number of aliphatic hydroxyl groups is 1. The molecule has 0 radical (unpaired) electrons. The van der Waals surface area contributed by atoms with Crippen LogP contribution in [0.3, 0.4) is 0 Å². The molecule has 0 aromatic heterocycles. The second-order valence-corrected chi connectivity index (χ2v) is 7.33. The Morgan fingerprint density at radius 3 is 2.70 bits per heavy atom. The summed E-state index contributed by atoms with van der Waals surface area (Å²) in [6.45, 7) is 5.94. The number of aliphatic hydroxyl groups excluding tert-OH is 1. The van der Waals surface area contributed by atoms with E-state index in [2.05, 4.69) is 0 Å². The Balaban J connectivity index is 1.62. The first-order valence-electron chi connectivity index (χ1n) is 7.58.